The number of carbonyl (C=O) groups is 1. The fourth-order valence-electron chi connectivity index (χ4n) is 4.40. The zero-order chi connectivity index (χ0) is 24.1. The number of amides is 1. The van der Waals surface area contributed by atoms with Crippen LogP contribution >= 0.6 is 0 Å². The van der Waals surface area contributed by atoms with Crippen LogP contribution in [0.1, 0.15) is 34.7 Å². The average Bonchev–Trinajstić information content (AvgIpc) is 3.29. The molecular weight excluding hydrogens is 426 g/mol. The van der Waals surface area contributed by atoms with E-state index in [1.54, 1.807) is 19.2 Å². The Balaban J connectivity index is 1.63. The zero-order valence-corrected chi connectivity index (χ0v) is 20.2. The van der Waals surface area contributed by atoms with E-state index >= 15 is 0 Å². The Labute approximate surface area is 201 Å². The Kier molecular flexibility index (Phi) is 7.28. The molecule has 34 heavy (non-hydrogen) atoms. The summed E-state index contributed by atoms with van der Waals surface area (Å²) in [4.78, 5) is 15.5. The van der Waals surface area contributed by atoms with E-state index in [2.05, 4.69) is 31.2 Å². The van der Waals surface area contributed by atoms with Crippen molar-refractivity contribution in [2.24, 2.45) is 5.10 Å². The number of likely N-dealkylation sites (N-methyl/N-ethyl adjacent to an activating group) is 1. The summed E-state index contributed by atoms with van der Waals surface area (Å²) in [6.07, 6.45) is 0.613. The van der Waals surface area contributed by atoms with Crippen molar-refractivity contribution in [3.63, 3.8) is 0 Å². The maximum atomic E-state index is 13.5. The number of rotatable bonds is 8. The zero-order valence-electron chi connectivity index (χ0n) is 20.2. The molecule has 0 radical (unpaired) electrons. The molecule has 0 saturated carbocycles. The van der Waals surface area contributed by atoms with Crippen molar-refractivity contribution in [3.8, 4) is 11.5 Å². The summed E-state index contributed by atoms with van der Waals surface area (Å²) >= 11 is 0. The molecule has 0 bridgehead atoms. The van der Waals surface area contributed by atoms with Gasteiger partial charge < -0.3 is 9.47 Å². The lowest BCUT2D eigenvalue weighted by Gasteiger charge is -2.25. The van der Waals surface area contributed by atoms with Crippen molar-refractivity contribution in [3.05, 3.63) is 95.1 Å². The van der Waals surface area contributed by atoms with Gasteiger partial charge >= 0.3 is 0 Å². The second-order valence-electron chi connectivity index (χ2n) is 8.59. The molecule has 0 unspecified atom stereocenters. The number of aryl methyl sites for hydroxylation is 1. The summed E-state index contributed by atoms with van der Waals surface area (Å²) in [6.45, 7) is 3.04. The monoisotopic (exact) mass is 457 g/mol. The van der Waals surface area contributed by atoms with Crippen molar-refractivity contribution in [2.75, 3.05) is 27.8 Å². The molecule has 3 aromatic carbocycles. The van der Waals surface area contributed by atoms with Crippen LogP contribution in [0, 0.1) is 6.92 Å². The predicted molar refractivity (Wildman–Crippen MR) is 134 cm³/mol. The molecule has 1 heterocycles. The number of carbonyl (C=O) groups excluding carboxylic acids is 1. The molecule has 4 rings (SSSR count). The second kappa shape index (κ2) is 10.5. The Hall–Kier alpha value is -3.64. The standard InChI is InChI=1S/C28H31N3O3/c1-20-10-8-9-13-23(20)26-17-25(24-15-14-22(33-3)16-27(24)34-4)29-31(26)28(32)19-30(2)18-21-11-6-5-7-12-21/h5-16,26H,17-19H2,1-4H3/t26-/m1/s1. The normalized spacial score (nSPS) is 15.4. The van der Waals surface area contributed by atoms with Gasteiger partial charge in [-0.1, -0.05) is 54.6 Å². The first-order chi connectivity index (χ1) is 16.5. The molecule has 0 N–H and O–H groups in total. The molecule has 176 valence electrons. The first kappa shape index (κ1) is 23.5. The number of benzene rings is 3. The molecule has 0 saturated heterocycles. The minimum atomic E-state index is -0.166. The number of hydrogen-bond acceptors (Lipinski definition) is 5. The first-order valence-electron chi connectivity index (χ1n) is 11.4. The van der Waals surface area contributed by atoms with Crippen molar-refractivity contribution in [2.45, 2.75) is 25.9 Å². The van der Waals surface area contributed by atoms with Crippen LogP contribution in [-0.2, 0) is 11.3 Å². The van der Waals surface area contributed by atoms with Gasteiger partial charge in [0.15, 0.2) is 0 Å². The van der Waals surface area contributed by atoms with Gasteiger partial charge in [0, 0.05) is 24.6 Å². The summed E-state index contributed by atoms with van der Waals surface area (Å²) in [6, 6.07) is 23.9. The smallest absolute Gasteiger partial charge is 0.257 e. The average molecular weight is 458 g/mol. The minimum absolute atomic E-state index is 0.0332. The molecule has 1 amide bonds. The van der Waals surface area contributed by atoms with Gasteiger partial charge in [-0.3, -0.25) is 9.69 Å². The highest BCUT2D eigenvalue weighted by atomic mass is 16.5. The highest BCUT2D eigenvalue weighted by molar-refractivity contribution is 6.05. The maximum absolute atomic E-state index is 13.5. The van der Waals surface area contributed by atoms with E-state index in [4.69, 9.17) is 14.6 Å². The van der Waals surface area contributed by atoms with E-state index in [0.717, 1.165) is 22.4 Å². The van der Waals surface area contributed by atoms with E-state index in [1.165, 1.54) is 5.56 Å². The second-order valence-corrected chi connectivity index (χ2v) is 8.59. The third-order valence-electron chi connectivity index (χ3n) is 6.13. The van der Waals surface area contributed by atoms with Gasteiger partial charge in [-0.15, -0.1) is 0 Å². The van der Waals surface area contributed by atoms with Gasteiger partial charge in [-0.2, -0.15) is 5.10 Å². The number of ether oxygens (including phenoxy) is 2. The fourth-order valence-corrected chi connectivity index (χ4v) is 4.40. The van der Waals surface area contributed by atoms with Gasteiger partial charge in [0.1, 0.15) is 11.5 Å². The molecule has 3 aromatic rings. The number of methoxy groups -OCH3 is 2. The van der Waals surface area contributed by atoms with Gasteiger partial charge in [-0.25, -0.2) is 5.01 Å². The van der Waals surface area contributed by atoms with Crippen LogP contribution in [0.5, 0.6) is 11.5 Å². The van der Waals surface area contributed by atoms with Crippen molar-refractivity contribution < 1.29 is 14.3 Å². The van der Waals surface area contributed by atoms with Crippen LogP contribution in [0.2, 0.25) is 0 Å². The van der Waals surface area contributed by atoms with Crippen molar-refractivity contribution in [1.29, 1.82) is 0 Å². The summed E-state index contributed by atoms with van der Waals surface area (Å²) in [5, 5.41) is 6.49. The van der Waals surface area contributed by atoms with Gasteiger partial charge in [0.05, 0.1) is 32.5 Å². The largest absolute Gasteiger partial charge is 0.497 e. The quantitative estimate of drug-likeness (QED) is 0.487. The highest BCUT2D eigenvalue weighted by Gasteiger charge is 2.35. The van der Waals surface area contributed by atoms with Gasteiger partial charge in [-0.05, 0) is 42.8 Å². The van der Waals surface area contributed by atoms with Crippen LogP contribution in [0.25, 0.3) is 0 Å². The Morgan fingerprint density at radius 2 is 1.76 bits per heavy atom. The van der Waals surface area contributed by atoms with Crippen LogP contribution in [0.3, 0.4) is 0 Å². The Morgan fingerprint density at radius 3 is 2.47 bits per heavy atom. The van der Waals surface area contributed by atoms with E-state index < -0.39 is 0 Å². The molecule has 0 aliphatic carbocycles. The fraction of sp³-hybridized carbons (Fsp3) is 0.286. The number of nitrogens with zero attached hydrogens (tertiary/aromatic N) is 3. The molecule has 1 aliphatic heterocycles. The highest BCUT2D eigenvalue weighted by Crippen LogP contribution is 2.37. The number of hydrogen-bond donors (Lipinski definition) is 0. The molecule has 0 spiro atoms. The van der Waals surface area contributed by atoms with Crippen LogP contribution in [-0.4, -0.2) is 49.3 Å². The molecule has 1 aliphatic rings. The van der Waals surface area contributed by atoms with Crippen LogP contribution < -0.4 is 9.47 Å². The third kappa shape index (κ3) is 5.13. The lowest BCUT2D eigenvalue weighted by molar-refractivity contribution is -0.134. The summed E-state index contributed by atoms with van der Waals surface area (Å²) in [7, 11) is 5.22. The SMILES string of the molecule is COc1ccc(C2=NN(C(=O)CN(C)Cc3ccccc3)[C@@H](c3ccccc3C)C2)c(OC)c1. The topological polar surface area (TPSA) is 54.4 Å². The third-order valence-corrected chi connectivity index (χ3v) is 6.13. The molecule has 6 heteroatoms. The van der Waals surface area contributed by atoms with E-state index in [0.29, 0.717) is 24.5 Å². The van der Waals surface area contributed by atoms with Crippen molar-refractivity contribution >= 4 is 11.6 Å². The summed E-state index contributed by atoms with van der Waals surface area (Å²) < 4.78 is 11.0. The molecule has 6 nitrogen and oxygen atoms in total. The Morgan fingerprint density at radius 1 is 1.03 bits per heavy atom. The lowest BCUT2D eigenvalue weighted by atomic mass is 9.95. The Bertz CT molecular complexity index is 1180. The van der Waals surface area contributed by atoms with Crippen molar-refractivity contribution in [1.82, 2.24) is 9.91 Å². The first-order valence-corrected chi connectivity index (χ1v) is 11.4. The maximum Gasteiger partial charge on any atom is 0.257 e. The predicted octanol–water partition coefficient (Wildman–Crippen LogP) is 4.82. The van der Waals surface area contributed by atoms with E-state index in [1.807, 2.05) is 60.5 Å². The number of hydrazone groups is 1. The molecule has 0 fully saturated rings. The van der Waals surface area contributed by atoms with E-state index in [-0.39, 0.29) is 18.5 Å². The van der Waals surface area contributed by atoms with Crippen LogP contribution in [0.4, 0.5) is 0 Å². The molecule has 1 atom stereocenters. The lowest BCUT2D eigenvalue weighted by Crippen LogP contribution is -2.36. The molecular formula is C28H31N3O3. The van der Waals surface area contributed by atoms with Crippen LogP contribution in [0.15, 0.2) is 77.9 Å². The summed E-state index contributed by atoms with van der Waals surface area (Å²) in [5.74, 6) is 1.36. The van der Waals surface area contributed by atoms with Gasteiger partial charge in [0.2, 0.25) is 0 Å². The van der Waals surface area contributed by atoms with Gasteiger partial charge in [0.25, 0.3) is 5.91 Å². The summed E-state index contributed by atoms with van der Waals surface area (Å²) in [5.41, 5.74) is 5.11. The minimum Gasteiger partial charge on any atom is -0.497 e. The molecule has 0 aromatic heterocycles. The van der Waals surface area contributed by atoms with E-state index in [9.17, 15) is 4.79 Å².